The molecule has 0 spiro atoms. The highest BCUT2D eigenvalue weighted by Gasteiger charge is 2.27. The number of carbonyl (C=O) groups is 2. The van der Waals surface area contributed by atoms with Crippen LogP contribution in [0.4, 0.5) is 0 Å². The van der Waals surface area contributed by atoms with E-state index in [9.17, 15) is 9.59 Å². The zero-order valence-corrected chi connectivity index (χ0v) is 15.9. The molecule has 0 radical (unpaired) electrons. The van der Waals surface area contributed by atoms with E-state index in [1.54, 1.807) is 18.0 Å². The smallest absolute Gasteiger partial charge is 0.338 e. The lowest BCUT2D eigenvalue weighted by atomic mass is 9.87. The summed E-state index contributed by atoms with van der Waals surface area (Å²) in [6, 6.07) is 15.8. The van der Waals surface area contributed by atoms with Crippen LogP contribution in [0.1, 0.15) is 35.6 Å². The van der Waals surface area contributed by atoms with Gasteiger partial charge in [-0.3, -0.25) is 4.79 Å². The predicted molar refractivity (Wildman–Crippen MR) is 106 cm³/mol. The van der Waals surface area contributed by atoms with Crippen LogP contribution in [0.2, 0.25) is 0 Å². The fourth-order valence-corrected chi connectivity index (χ4v) is 3.86. The van der Waals surface area contributed by atoms with Crippen molar-refractivity contribution >= 4 is 18.0 Å². The summed E-state index contributed by atoms with van der Waals surface area (Å²) in [6.45, 7) is -0.122. The minimum Gasteiger partial charge on any atom is -0.488 e. The molecule has 0 unspecified atom stereocenters. The van der Waals surface area contributed by atoms with Gasteiger partial charge in [0.2, 0.25) is 0 Å². The first-order valence-corrected chi connectivity index (χ1v) is 9.56. The molecule has 2 aromatic rings. The minimum atomic E-state index is -0.514. The maximum absolute atomic E-state index is 12.6. The van der Waals surface area contributed by atoms with Gasteiger partial charge >= 0.3 is 5.97 Å². The van der Waals surface area contributed by atoms with Gasteiger partial charge in [-0.2, -0.15) is 0 Å². The summed E-state index contributed by atoms with van der Waals surface area (Å²) in [7, 11) is 1.78. The van der Waals surface area contributed by atoms with E-state index in [1.165, 1.54) is 11.1 Å². The van der Waals surface area contributed by atoms with Crippen LogP contribution >= 0.6 is 0 Å². The van der Waals surface area contributed by atoms with Crippen molar-refractivity contribution in [3.05, 3.63) is 70.8 Å². The van der Waals surface area contributed by atoms with Crippen molar-refractivity contribution in [2.75, 3.05) is 20.3 Å². The average molecular weight is 377 g/mol. The van der Waals surface area contributed by atoms with Gasteiger partial charge in [-0.1, -0.05) is 42.5 Å². The largest absolute Gasteiger partial charge is 0.488 e. The first-order chi connectivity index (χ1) is 13.6. The number of fused-ring (bicyclic) bond motifs is 2. The van der Waals surface area contributed by atoms with Gasteiger partial charge in [0.25, 0.3) is 5.91 Å². The predicted octanol–water partition coefficient (Wildman–Crippen LogP) is 3.54. The Morgan fingerprint density at radius 3 is 2.82 bits per heavy atom. The molecular weight excluding hydrogens is 354 g/mol. The van der Waals surface area contributed by atoms with Crippen LogP contribution in [-0.2, 0) is 20.7 Å². The number of ether oxygens (including phenoxy) is 2. The Labute approximate surface area is 164 Å². The third-order valence-corrected chi connectivity index (χ3v) is 5.42. The van der Waals surface area contributed by atoms with E-state index < -0.39 is 5.97 Å². The highest BCUT2D eigenvalue weighted by atomic mass is 16.5. The molecule has 0 N–H and O–H groups in total. The summed E-state index contributed by atoms with van der Waals surface area (Å²) in [5.41, 5.74) is 3.73. The molecule has 144 valence electrons. The van der Waals surface area contributed by atoms with Gasteiger partial charge in [0.1, 0.15) is 12.4 Å². The molecule has 5 heteroatoms. The molecule has 1 aliphatic carbocycles. The molecule has 0 saturated carbocycles. The number of rotatable bonds is 4. The van der Waals surface area contributed by atoms with Gasteiger partial charge in [-0.05, 0) is 42.5 Å². The first-order valence-electron chi connectivity index (χ1n) is 9.56. The third-order valence-electron chi connectivity index (χ3n) is 5.42. The summed E-state index contributed by atoms with van der Waals surface area (Å²) in [4.78, 5) is 26.7. The summed E-state index contributed by atoms with van der Waals surface area (Å²) in [5, 5.41) is 0. The zero-order valence-electron chi connectivity index (χ0n) is 15.9. The number of carbonyl (C=O) groups excluding carboxylic acids is 2. The maximum atomic E-state index is 12.6. The Bertz CT molecular complexity index is 934. The van der Waals surface area contributed by atoms with Crippen molar-refractivity contribution in [1.82, 2.24) is 4.90 Å². The van der Waals surface area contributed by atoms with Crippen LogP contribution in [-0.4, -0.2) is 37.0 Å². The number of hydrogen-bond donors (Lipinski definition) is 0. The Morgan fingerprint density at radius 1 is 1.14 bits per heavy atom. The SMILES string of the molecule is CN(C(=O)COC(=O)C1=Cc2ccccc2OC1)[C@H]1CCCc2ccccc21. The fourth-order valence-electron chi connectivity index (χ4n) is 3.86. The summed E-state index contributed by atoms with van der Waals surface area (Å²) < 4.78 is 10.9. The Kier molecular flexibility index (Phi) is 5.15. The Hall–Kier alpha value is -3.08. The molecule has 2 aromatic carbocycles. The van der Waals surface area contributed by atoms with E-state index in [0.717, 1.165) is 30.6 Å². The second-order valence-electron chi connectivity index (χ2n) is 7.18. The van der Waals surface area contributed by atoms with E-state index in [4.69, 9.17) is 9.47 Å². The molecule has 1 heterocycles. The summed E-state index contributed by atoms with van der Waals surface area (Å²) in [6.07, 6.45) is 4.76. The van der Waals surface area contributed by atoms with E-state index in [2.05, 4.69) is 12.1 Å². The Morgan fingerprint density at radius 2 is 1.93 bits per heavy atom. The summed E-state index contributed by atoms with van der Waals surface area (Å²) >= 11 is 0. The molecule has 0 fully saturated rings. The number of esters is 1. The molecule has 2 aliphatic rings. The normalized spacial score (nSPS) is 17.5. The molecule has 4 rings (SSSR count). The zero-order chi connectivity index (χ0) is 19.5. The number of benzene rings is 2. The number of likely N-dealkylation sites (N-methyl/N-ethyl adjacent to an activating group) is 1. The van der Waals surface area contributed by atoms with Gasteiger partial charge in [0.05, 0.1) is 11.6 Å². The fraction of sp³-hybridized carbons (Fsp3) is 0.304. The molecule has 1 amide bonds. The van der Waals surface area contributed by atoms with Crippen LogP contribution in [0.15, 0.2) is 54.1 Å². The van der Waals surface area contributed by atoms with Crippen LogP contribution in [0, 0.1) is 0 Å². The number of amides is 1. The van der Waals surface area contributed by atoms with Crippen molar-refractivity contribution < 1.29 is 19.1 Å². The van der Waals surface area contributed by atoms with Crippen LogP contribution in [0.3, 0.4) is 0 Å². The molecule has 5 nitrogen and oxygen atoms in total. The van der Waals surface area contributed by atoms with Crippen molar-refractivity contribution in [2.24, 2.45) is 0 Å². The van der Waals surface area contributed by atoms with Crippen LogP contribution in [0.5, 0.6) is 5.75 Å². The second-order valence-corrected chi connectivity index (χ2v) is 7.18. The maximum Gasteiger partial charge on any atom is 0.338 e. The van der Waals surface area contributed by atoms with E-state index in [0.29, 0.717) is 5.57 Å². The molecular formula is C23H23NO4. The molecule has 1 atom stereocenters. The number of nitrogens with zero attached hydrogens (tertiary/aromatic N) is 1. The molecule has 0 aromatic heterocycles. The van der Waals surface area contributed by atoms with Crippen LogP contribution < -0.4 is 4.74 Å². The van der Waals surface area contributed by atoms with Crippen molar-refractivity contribution in [3.63, 3.8) is 0 Å². The van der Waals surface area contributed by atoms with Gasteiger partial charge < -0.3 is 14.4 Å². The number of para-hydroxylation sites is 1. The highest BCUT2D eigenvalue weighted by Crippen LogP contribution is 2.33. The summed E-state index contributed by atoms with van der Waals surface area (Å²) in [5.74, 6) is 0.0268. The minimum absolute atomic E-state index is 0.0280. The quantitative estimate of drug-likeness (QED) is 0.765. The van der Waals surface area contributed by atoms with E-state index in [-0.39, 0.29) is 25.2 Å². The van der Waals surface area contributed by atoms with Crippen molar-refractivity contribution in [2.45, 2.75) is 25.3 Å². The van der Waals surface area contributed by atoms with E-state index >= 15 is 0 Å². The van der Waals surface area contributed by atoms with Gasteiger partial charge in [0.15, 0.2) is 6.61 Å². The van der Waals surface area contributed by atoms with Crippen molar-refractivity contribution in [1.29, 1.82) is 0 Å². The molecule has 28 heavy (non-hydrogen) atoms. The molecule has 0 bridgehead atoms. The molecule has 1 aliphatic heterocycles. The second kappa shape index (κ2) is 7.89. The molecule has 0 saturated heterocycles. The number of aryl methyl sites for hydroxylation is 1. The van der Waals surface area contributed by atoms with Gasteiger partial charge in [-0.25, -0.2) is 4.79 Å². The topological polar surface area (TPSA) is 55.8 Å². The lowest BCUT2D eigenvalue weighted by Gasteiger charge is -2.33. The monoisotopic (exact) mass is 377 g/mol. The van der Waals surface area contributed by atoms with Gasteiger partial charge in [0, 0.05) is 12.6 Å². The van der Waals surface area contributed by atoms with Crippen LogP contribution in [0.25, 0.3) is 6.08 Å². The number of hydrogen-bond acceptors (Lipinski definition) is 4. The first kappa shape index (κ1) is 18.3. The van der Waals surface area contributed by atoms with E-state index in [1.807, 2.05) is 36.4 Å². The standard InChI is InChI=1S/C23H23NO4/c1-24(20-11-6-9-16-7-2-4-10-19(16)20)22(25)15-28-23(26)18-13-17-8-3-5-12-21(17)27-14-18/h2-5,7-8,10,12-13,20H,6,9,11,14-15H2,1H3/t20-/m0/s1. The van der Waals surface area contributed by atoms with Crippen molar-refractivity contribution in [3.8, 4) is 5.75 Å². The lowest BCUT2D eigenvalue weighted by molar-refractivity contribution is -0.149. The van der Waals surface area contributed by atoms with Gasteiger partial charge in [-0.15, -0.1) is 0 Å². The average Bonchev–Trinajstić information content (AvgIpc) is 2.76. The Balaban J connectivity index is 1.38. The third kappa shape index (κ3) is 3.65. The highest BCUT2D eigenvalue weighted by molar-refractivity contribution is 5.96. The lowest BCUT2D eigenvalue weighted by Crippen LogP contribution is -2.36.